The van der Waals surface area contributed by atoms with Gasteiger partial charge in [0.1, 0.15) is 15.7 Å². The predicted molar refractivity (Wildman–Crippen MR) is 79.7 cm³/mol. The average Bonchev–Trinajstić information content (AvgIpc) is 2.84. The van der Waals surface area contributed by atoms with Crippen LogP contribution in [0.1, 0.15) is 28.9 Å². The molecule has 1 atom stereocenters. The van der Waals surface area contributed by atoms with Crippen molar-refractivity contribution in [2.24, 2.45) is 5.73 Å². The first-order valence-corrected chi connectivity index (χ1v) is 7.51. The number of hydrogen-bond donors (Lipinski definition) is 2. The van der Waals surface area contributed by atoms with Crippen LogP contribution in [0.5, 0.6) is 0 Å². The van der Waals surface area contributed by atoms with E-state index in [9.17, 15) is 9.59 Å². The second kappa shape index (κ2) is 5.28. The highest BCUT2D eigenvalue weighted by Crippen LogP contribution is 2.33. The summed E-state index contributed by atoms with van der Waals surface area (Å²) in [6.07, 6.45) is 3.89. The number of hydrogen-bond acceptors (Lipinski definition) is 6. The molecule has 2 aromatic heterocycles. The average molecular weight is 305 g/mol. The lowest BCUT2D eigenvalue weighted by atomic mass is 10.0. The van der Waals surface area contributed by atoms with E-state index in [1.165, 1.54) is 22.4 Å². The molecule has 1 fully saturated rings. The standard InChI is InChI=1S/C13H15N5O2S/c14-9-7-4-5-16-17-12(7)21-10(9)13(20)18-6-2-1-3-8(18)11(15)19/h4-5,8H,1-3,6,14H2,(H2,15,19). The van der Waals surface area contributed by atoms with Gasteiger partial charge in [0.25, 0.3) is 5.91 Å². The van der Waals surface area contributed by atoms with Gasteiger partial charge in [0.05, 0.1) is 11.9 Å². The molecule has 3 rings (SSSR count). The van der Waals surface area contributed by atoms with E-state index in [2.05, 4.69) is 10.2 Å². The molecule has 1 saturated heterocycles. The quantitative estimate of drug-likeness (QED) is 0.849. The third-order valence-corrected chi connectivity index (χ3v) is 4.80. The zero-order valence-electron chi connectivity index (χ0n) is 11.3. The molecule has 21 heavy (non-hydrogen) atoms. The number of carbonyl (C=O) groups excluding carboxylic acids is 2. The number of thiophene rings is 1. The fourth-order valence-electron chi connectivity index (χ4n) is 2.63. The van der Waals surface area contributed by atoms with E-state index >= 15 is 0 Å². The van der Waals surface area contributed by atoms with Gasteiger partial charge in [-0.25, -0.2) is 0 Å². The van der Waals surface area contributed by atoms with Gasteiger partial charge in [-0.05, 0) is 25.3 Å². The summed E-state index contributed by atoms with van der Waals surface area (Å²) in [7, 11) is 0. The van der Waals surface area contributed by atoms with Crippen molar-refractivity contribution < 1.29 is 9.59 Å². The minimum absolute atomic E-state index is 0.251. The Morgan fingerprint density at radius 1 is 1.38 bits per heavy atom. The Hall–Kier alpha value is -2.22. The highest BCUT2D eigenvalue weighted by atomic mass is 32.1. The molecular weight excluding hydrogens is 290 g/mol. The first kappa shape index (κ1) is 13.7. The number of nitrogens with two attached hydrogens (primary N) is 2. The zero-order valence-corrected chi connectivity index (χ0v) is 12.1. The van der Waals surface area contributed by atoms with Crippen LogP contribution >= 0.6 is 11.3 Å². The van der Waals surface area contributed by atoms with Crippen molar-refractivity contribution in [3.63, 3.8) is 0 Å². The van der Waals surface area contributed by atoms with E-state index in [1.807, 2.05) is 0 Å². The second-order valence-corrected chi connectivity index (χ2v) is 6.01. The molecule has 0 spiro atoms. The number of amides is 2. The van der Waals surface area contributed by atoms with Gasteiger partial charge < -0.3 is 16.4 Å². The zero-order chi connectivity index (χ0) is 15.0. The van der Waals surface area contributed by atoms with Gasteiger partial charge in [-0.15, -0.1) is 16.4 Å². The number of primary amides is 1. The van der Waals surface area contributed by atoms with Crippen LogP contribution in [0.3, 0.4) is 0 Å². The molecule has 1 aliphatic rings. The molecule has 8 heteroatoms. The number of piperidine rings is 1. The van der Waals surface area contributed by atoms with Crippen LogP contribution in [0.25, 0.3) is 10.2 Å². The molecule has 1 aliphatic heterocycles. The van der Waals surface area contributed by atoms with Crippen LogP contribution in [-0.4, -0.2) is 39.5 Å². The van der Waals surface area contributed by atoms with Gasteiger partial charge in [0.15, 0.2) is 0 Å². The van der Waals surface area contributed by atoms with E-state index in [1.54, 1.807) is 6.07 Å². The lowest BCUT2D eigenvalue weighted by Crippen LogP contribution is -2.50. The maximum absolute atomic E-state index is 12.7. The summed E-state index contributed by atoms with van der Waals surface area (Å²) in [6.45, 7) is 0.520. The Balaban J connectivity index is 1.99. The number of fused-ring (bicyclic) bond motifs is 1. The van der Waals surface area contributed by atoms with Crippen molar-refractivity contribution in [2.75, 3.05) is 12.3 Å². The second-order valence-electron chi connectivity index (χ2n) is 5.01. The van der Waals surface area contributed by atoms with Crippen molar-refractivity contribution in [1.82, 2.24) is 15.1 Å². The molecule has 2 aromatic rings. The van der Waals surface area contributed by atoms with Gasteiger partial charge in [-0.3, -0.25) is 9.59 Å². The summed E-state index contributed by atoms with van der Waals surface area (Å²) in [6, 6.07) is 1.18. The highest BCUT2D eigenvalue weighted by Gasteiger charge is 2.33. The summed E-state index contributed by atoms with van der Waals surface area (Å²) in [5, 5.41) is 8.47. The number of carbonyl (C=O) groups is 2. The van der Waals surface area contributed by atoms with Crippen LogP contribution in [0.2, 0.25) is 0 Å². The molecular formula is C13H15N5O2S. The molecule has 110 valence electrons. The third kappa shape index (κ3) is 2.31. The van der Waals surface area contributed by atoms with Gasteiger partial charge in [-0.1, -0.05) is 0 Å². The van der Waals surface area contributed by atoms with Crippen molar-refractivity contribution in [3.05, 3.63) is 17.1 Å². The first-order valence-electron chi connectivity index (χ1n) is 6.69. The fourth-order valence-corrected chi connectivity index (χ4v) is 3.63. The maximum atomic E-state index is 12.7. The van der Waals surface area contributed by atoms with E-state index < -0.39 is 11.9 Å². The molecule has 0 saturated carbocycles. The summed E-state index contributed by atoms with van der Waals surface area (Å²) in [5.74, 6) is -0.721. The molecule has 2 amide bonds. The number of nitrogen functional groups attached to an aromatic ring is 1. The Morgan fingerprint density at radius 2 is 2.19 bits per heavy atom. The Kier molecular flexibility index (Phi) is 3.46. The maximum Gasteiger partial charge on any atom is 0.266 e. The molecule has 0 aromatic carbocycles. The van der Waals surface area contributed by atoms with Crippen LogP contribution < -0.4 is 11.5 Å². The van der Waals surface area contributed by atoms with Crippen LogP contribution in [0, 0.1) is 0 Å². The molecule has 0 bridgehead atoms. The lowest BCUT2D eigenvalue weighted by molar-refractivity contribution is -0.123. The monoisotopic (exact) mass is 305 g/mol. The van der Waals surface area contributed by atoms with E-state index in [0.717, 1.165) is 12.8 Å². The summed E-state index contributed by atoms with van der Waals surface area (Å²) in [4.78, 5) is 26.8. The summed E-state index contributed by atoms with van der Waals surface area (Å²) in [5.41, 5.74) is 11.8. The van der Waals surface area contributed by atoms with Crippen molar-refractivity contribution >= 4 is 39.1 Å². The lowest BCUT2D eigenvalue weighted by Gasteiger charge is -2.33. The van der Waals surface area contributed by atoms with Gasteiger partial charge in [-0.2, -0.15) is 5.10 Å². The van der Waals surface area contributed by atoms with Crippen molar-refractivity contribution in [1.29, 1.82) is 0 Å². The molecule has 1 unspecified atom stereocenters. The number of nitrogens with zero attached hydrogens (tertiary/aromatic N) is 3. The van der Waals surface area contributed by atoms with E-state index in [-0.39, 0.29) is 5.91 Å². The number of likely N-dealkylation sites (tertiary alicyclic amines) is 1. The first-order chi connectivity index (χ1) is 10.1. The number of anilines is 1. The van der Waals surface area contributed by atoms with Crippen molar-refractivity contribution in [2.45, 2.75) is 25.3 Å². The number of rotatable bonds is 2. The fraction of sp³-hybridized carbons (Fsp3) is 0.385. The number of aromatic nitrogens is 2. The minimum Gasteiger partial charge on any atom is -0.397 e. The predicted octanol–water partition coefficient (Wildman–Crippen LogP) is 0.753. The van der Waals surface area contributed by atoms with Gasteiger partial charge in [0.2, 0.25) is 5.91 Å². The smallest absolute Gasteiger partial charge is 0.266 e. The highest BCUT2D eigenvalue weighted by molar-refractivity contribution is 7.21. The SMILES string of the molecule is NC(=O)C1CCCCN1C(=O)c1sc2nnccc2c1N. The Morgan fingerprint density at radius 3 is 2.90 bits per heavy atom. The van der Waals surface area contributed by atoms with Crippen LogP contribution in [-0.2, 0) is 4.79 Å². The van der Waals surface area contributed by atoms with E-state index in [0.29, 0.717) is 33.7 Å². The van der Waals surface area contributed by atoms with Gasteiger partial charge >= 0.3 is 0 Å². The molecule has 3 heterocycles. The van der Waals surface area contributed by atoms with Crippen LogP contribution in [0.4, 0.5) is 5.69 Å². The summed E-state index contributed by atoms with van der Waals surface area (Å²) >= 11 is 1.20. The molecule has 7 nitrogen and oxygen atoms in total. The van der Waals surface area contributed by atoms with Crippen molar-refractivity contribution in [3.8, 4) is 0 Å². The Labute approximate surface area is 124 Å². The topological polar surface area (TPSA) is 115 Å². The third-order valence-electron chi connectivity index (χ3n) is 3.71. The summed E-state index contributed by atoms with van der Waals surface area (Å²) < 4.78 is 0. The van der Waals surface area contributed by atoms with Crippen LogP contribution in [0.15, 0.2) is 12.3 Å². The molecule has 4 N–H and O–H groups in total. The van der Waals surface area contributed by atoms with E-state index in [4.69, 9.17) is 11.5 Å². The minimum atomic E-state index is -0.554. The molecule has 0 radical (unpaired) electrons. The molecule has 0 aliphatic carbocycles. The largest absolute Gasteiger partial charge is 0.397 e. The normalized spacial score (nSPS) is 18.9. The van der Waals surface area contributed by atoms with Gasteiger partial charge in [0, 0.05) is 11.9 Å². The Bertz CT molecular complexity index is 714.